The van der Waals surface area contributed by atoms with Crippen LogP contribution >= 0.6 is 0 Å². The molecule has 1 aromatic rings. The first kappa shape index (κ1) is 19.1. The number of nitrogens with zero attached hydrogens (tertiary/aromatic N) is 2. The number of para-hydroxylation sites is 1. The summed E-state index contributed by atoms with van der Waals surface area (Å²) in [7, 11) is 1.65. The van der Waals surface area contributed by atoms with E-state index in [1.807, 2.05) is 0 Å². The molecule has 3 rings (SSSR count). The van der Waals surface area contributed by atoms with Gasteiger partial charge in [-0.1, -0.05) is 18.2 Å². The van der Waals surface area contributed by atoms with Gasteiger partial charge in [0.1, 0.15) is 5.60 Å². The fraction of sp³-hybridized carbons (Fsp3) is 0.650. The summed E-state index contributed by atoms with van der Waals surface area (Å²) < 4.78 is 5.57. The van der Waals surface area contributed by atoms with Crippen LogP contribution in [0.5, 0.6) is 0 Å². The van der Waals surface area contributed by atoms with Gasteiger partial charge >= 0.3 is 0 Å². The first-order valence-electron chi connectivity index (χ1n) is 9.80. The van der Waals surface area contributed by atoms with E-state index in [-0.39, 0.29) is 5.91 Å². The number of carbonyl (C=O) groups excluding carboxylic acids is 1. The Kier molecular flexibility index (Phi) is 6.88. The first-order chi connectivity index (χ1) is 12.7. The van der Waals surface area contributed by atoms with Crippen molar-refractivity contribution in [1.82, 2.24) is 15.5 Å². The van der Waals surface area contributed by atoms with Crippen molar-refractivity contribution in [3.63, 3.8) is 0 Å². The summed E-state index contributed by atoms with van der Waals surface area (Å²) in [4.78, 5) is 17.4. The lowest BCUT2D eigenvalue weighted by atomic mass is 9.91. The van der Waals surface area contributed by atoms with Crippen LogP contribution in [0.2, 0.25) is 0 Å². The molecule has 2 saturated heterocycles. The van der Waals surface area contributed by atoms with Gasteiger partial charge in [-0.3, -0.25) is 9.69 Å². The predicted molar refractivity (Wildman–Crippen MR) is 105 cm³/mol. The fourth-order valence-corrected chi connectivity index (χ4v) is 3.89. The Morgan fingerprint density at radius 2 is 1.85 bits per heavy atom. The van der Waals surface area contributed by atoms with Crippen molar-refractivity contribution in [2.75, 3.05) is 64.4 Å². The van der Waals surface area contributed by atoms with Gasteiger partial charge < -0.3 is 20.3 Å². The van der Waals surface area contributed by atoms with Gasteiger partial charge in [-0.15, -0.1) is 0 Å². The number of piperidine rings is 1. The van der Waals surface area contributed by atoms with Crippen LogP contribution in [0.4, 0.5) is 5.69 Å². The second-order valence-corrected chi connectivity index (χ2v) is 7.22. The second kappa shape index (κ2) is 9.35. The maximum atomic E-state index is 12.5. The van der Waals surface area contributed by atoms with Crippen LogP contribution in [0.1, 0.15) is 19.3 Å². The molecule has 0 spiro atoms. The Morgan fingerprint density at radius 1 is 1.15 bits per heavy atom. The highest BCUT2D eigenvalue weighted by Gasteiger charge is 2.39. The van der Waals surface area contributed by atoms with E-state index >= 15 is 0 Å². The van der Waals surface area contributed by atoms with Gasteiger partial charge in [-0.05, 0) is 51.0 Å². The first-order valence-corrected chi connectivity index (χ1v) is 9.80. The molecule has 0 radical (unpaired) electrons. The number of hydrogen-bond donors (Lipinski definition) is 2. The van der Waals surface area contributed by atoms with Crippen molar-refractivity contribution in [3.05, 3.63) is 30.3 Å². The summed E-state index contributed by atoms with van der Waals surface area (Å²) in [6.07, 6.45) is 2.47. The number of carbonyl (C=O) groups is 1. The monoisotopic (exact) mass is 360 g/mol. The Morgan fingerprint density at radius 3 is 2.50 bits per heavy atom. The molecule has 2 aliphatic heterocycles. The van der Waals surface area contributed by atoms with Crippen LogP contribution in [0.15, 0.2) is 30.3 Å². The summed E-state index contributed by atoms with van der Waals surface area (Å²) in [5.41, 5.74) is 0.679. The molecule has 1 amide bonds. The molecule has 0 aliphatic carbocycles. The zero-order valence-corrected chi connectivity index (χ0v) is 15.9. The van der Waals surface area contributed by atoms with Crippen molar-refractivity contribution in [2.24, 2.45) is 0 Å². The van der Waals surface area contributed by atoms with Crippen molar-refractivity contribution in [3.8, 4) is 0 Å². The number of amides is 1. The molecule has 144 valence electrons. The van der Waals surface area contributed by atoms with E-state index in [1.165, 1.54) is 5.69 Å². The molecule has 6 heteroatoms. The van der Waals surface area contributed by atoms with Crippen LogP contribution in [-0.2, 0) is 9.53 Å². The number of benzene rings is 1. The average Bonchev–Trinajstić information content (AvgIpc) is 2.72. The van der Waals surface area contributed by atoms with Crippen molar-refractivity contribution < 1.29 is 9.53 Å². The zero-order valence-electron chi connectivity index (χ0n) is 15.9. The van der Waals surface area contributed by atoms with Crippen molar-refractivity contribution in [2.45, 2.75) is 24.9 Å². The topological polar surface area (TPSA) is 56.8 Å². The summed E-state index contributed by atoms with van der Waals surface area (Å²) in [6.45, 7) is 7.72. The summed E-state index contributed by atoms with van der Waals surface area (Å²) in [5, 5.41) is 6.37. The number of piperazine rings is 1. The Bertz CT molecular complexity index is 552. The molecular formula is C20H32N4O2. The van der Waals surface area contributed by atoms with Gasteiger partial charge in [-0.25, -0.2) is 0 Å². The molecule has 2 heterocycles. The predicted octanol–water partition coefficient (Wildman–Crippen LogP) is 1.08. The summed E-state index contributed by atoms with van der Waals surface area (Å²) in [6, 6.07) is 10.6. The number of ether oxygens (including phenoxy) is 1. The SMILES string of the molecule is COC1(C(=O)NCCCN2CCN(c3ccccc3)CC2)CCNCC1. The van der Waals surface area contributed by atoms with E-state index < -0.39 is 5.60 Å². The quantitative estimate of drug-likeness (QED) is 0.713. The minimum Gasteiger partial charge on any atom is -0.369 e. The van der Waals surface area contributed by atoms with E-state index in [0.717, 1.165) is 71.6 Å². The number of hydrogen-bond acceptors (Lipinski definition) is 5. The smallest absolute Gasteiger partial charge is 0.252 e. The number of rotatable bonds is 7. The van der Waals surface area contributed by atoms with E-state index in [4.69, 9.17) is 4.74 Å². The molecule has 2 aliphatic rings. The molecule has 1 aromatic carbocycles. The molecule has 26 heavy (non-hydrogen) atoms. The van der Waals surface area contributed by atoms with Crippen LogP contribution in [-0.4, -0.2) is 75.9 Å². The molecule has 2 fully saturated rings. The molecule has 0 bridgehead atoms. The Labute approximate surface area is 156 Å². The lowest BCUT2D eigenvalue weighted by Crippen LogP contribution is -2.54. The number of methoxy groups -OCH3 is 1. The van der Waals surface area contributed by atoms with E-state index in [9.17, 15) is 4.79 Å². The highest BCUT2D eigenvalue weighted by molar-refractivity contribution is 5.85. The molecule has 6 nitrogen and oxygen atoms in total. The van der Waals surface area contributed by atoms with Crippen LogP contribution in [0, 0.1) is 0 Å². The molecule has 0 unspecified atom stereocenters. The zero-order chi connectivity index (χ0) is 18.2. The van der Waals surface area contributed by atoms with Crippen molar-refractivity contribution in [1.29, 1.82) is 0 Å². The lowest BCUT2D eigenvalue weighted by molar-refractivity contribution is -0.146. The fourth-order valence-electron chi connectivity index (χ4n) is 3.89. The minimum absolute atomic E-state index is 0.0513. The van der Waals surface area contributed by atoms with E-state index in [0.29, 0.717) is 0 Å². The number of anilines is 1. The third-order valence-electron chi connectivity index (χ3n) is 5.65. The Hall–Kier alpha value is -1.63. The third-order valence-corrected chi connectivity index (χ3v) is 5.65. The minimum atomic E-state index is -0.632. The van der Waals surface area contributed by atoms with E-state index in [2.05, 4.69) is 50.8 Å². The summed E-state index contributed by atoms with van der Waals surface area (Å²) in [5.74, 6) is 0.0513. The average molecular weight is 361 g/mol. The highest BCUT2D eigenvalue weighted by Crippen LogP contribution is 2.22. The van der Waals surface area contributed by atoms with Gasteiger partial charge in [0.2, 0.25) is 0 Å². The van der Waals surface area contributed by atoms with Crippen LogP contribution in [0.25, 0.3) is 0 Å². The van der Waals surface area contributed by atoms with Crippen LogP contribution < -0.4 is 15.5 Å². The molecule has 0 aromatic heterocycles. The third kappa shape index (κ3) is 4.75. The van der Waals surface area contributed by atoms with Gasteiger partial charge in [0.15, 0.2) is 0 Å². The largest absolute Gasteiger partial charge is 0.369 e. The normalized spacial score (nSPS) is 20.7. The number of nitrogens with one attached hydrogen (secondary N) is 2. The van der Waals surface area contributed by atoms with Gasteiger partial charge in [0.05, 0.1) is 0 Å². The van der Waals surface area contributed by atoms with E-state index in [1.54, 1.807) is 7.11 Å². The van der Waals surface area contributed by atoms with Gasteiger partial charge in [0.25, 0.3) is 5.91 Å². The van der Waals surface area contributed by atoms with Crippen LogP contribution in [0.3, 0.4) is 0 Å². The van der Waals surface area contributed by atoms with Gasteiger partial charge in [-0.2, -0.15) is 0 Å². The standard InChI is InChI=1S/C20H32N4O2/c1-26-20(8-11-21-12-9-20)19(25)22-10-5-13-23-14-16-24(17-15-23)18-6-3-2-4-7-18/h2-4,6-7,21H,5,8-17H2,1H3,(H,22,25). The van der Waals surface area contributed by atoms with Gasteiger partial charge in [0, 0.05) is 45.5 Å². The lowest BCUT2D eigenvalue weighted by Gasteiger charge is -2.36. The second-order valence-electron chi connectivity index (χ2n) is 7.22. The Balaban J connectivity index is 1.34. The van der Waals surface area contributed by atoms with Crippen molar-refractivity contribution >= 4 is 11.6 Å². The maximum Gasteiger partial charge on any atom is 0.252 e. The molecule has 0 atom stereocenters. The summed E-state index contributed by atoms with van der Waals surface area (Å²) >= 11 is 0. The maximum absolute atomic E-state index is 12.5. The molecule has 0 saturated carbocycles. The highest BCUT2D eigenvalue weighted by atomic mass is 16.5. The molecule has 2 N–H and O–H groups in total. The molecular weight excluding hydrogens is 328 g/mol.